The first kappa shape index (κ1) is 9.83. The molecule has 0 aliphatic heterocycles. The van der Waals surface area contributed by atoms with Crippen molar-refractivity contribution in [1.82, 2.24) is 0 Å². The van der Waals surface area contributed by atoms with Crippen LogP contribution < -0.4 is 4.74 Å². The Kier molecular flexibility index (Phi) is 2.07. The van der Waals surface area contributed by atoms with E-state index in [0.717, 1.165) is 0 Å². The first-order valence-electron chi connectivity index (χ1n) is 4.71. The van der Waals surface area contributed by atoms with E-state index >= 15 is 0 Å². The second-order valence-corrected chi connectivity index (χ2v) is 3.77. The minimum absolute atomic E-state index is 0.00532. The number of aliphatic carboxylic acids is 1. The van der Waals surface area contributed by atoms with Gasteiger partial charge in [-0.15, -0.1) is 0 Å². The zero-order chi connectivity index (χ0) is 11.1. The summed E-state index contributed by atoms with van der Waals surface area (Å²) >= 11 is 0. The van der Waals surface area contributed by atoms with Crippen LogP contribution in [0.2, 0.25) is 0 Å². The van der Waals surface area contributed by atoms with Gasteiger partial charge in [0, 0.05) is 11.6 Å². The van der Waals surface area contributed by atoms with E-state index < -0.39 is 11.4 Å². The molecule has 0 heterocycles. The fraction of sp³-hybridized carbons (Fsp3) is 0.364. The molecule has 4 heteroatoms. The van der Waals surface area contributed by atoms with Gasteiger partial charge in [-0.2, -0.15) is 0 Å². The molecule has 1 fully saturated rings. The van der Waals surface area contributed by atoms with Crippen LogP contribution in [0.4, 0.5) is 0 Å². The number of aromatic hydroxyl groups is 1. The van der Waals surface area contributed by atoms with Gasteiger partial charge in [-0.1, -0.05) is 6.07 Å². The summed E-state index contributed by atoms with van der Waals surface area (Å²) in [7, 11) is 1.50. The van der Waals surface area contributed by atoms with E-state index in [0.29, 0.717) is 24.2 Å². The van der Waals surface area contributed by atoms with Crippen molar-refractivity contribution in [2.75, 3.05) is 7.11 Å². The van der Waals surface area contributed by atoms with Gasteiger partial charge in [0.2, 0.25) is 0 Å². The van der Waals surface area contributed by atoms with Gasteiger partial charge < -0.3 is 14.9 Å². The highest BCUT2D eigenvalue weighted by Crippen LogP contribution is 2.51. The van der Waals surface area contributed by atoms with Crippen molar-refractivity contribution in [3.63, 3.8) is 0 Å². The van der Waals surface area contributed by atoms with Crippen LogP contribution in [0.25, 0.3) is 0 Å². The highest BCUT2D eigenvalue weighted by atomic mass is 16.5. The van der Waals surface area contributed by atoms with Crippen LogP contribution in [0.15, 0.2) is 18.2 Å². The van der Waals surface area contributed by atoms with E-state index in [1.54, 1.807) is 12.1 Å². The molecule has 80 valence electrons. The molecule has 1 aliphatic rings. The summed E-state index contributed by atoms with van der Waals surface area (Å²) in [4.78, 5) is 11.0. The lowest BCUT2D eigenvalue weighted by Crippen LogP contribution is -2.19. The molecule has 0 unspecified atom stereocenters. The van der Waals surface area contributed by atoms with Crippen LogP contribution in [0.5, 0.6) is 11.5 Å². The molecular formula is C11H12O4. The van der Waals surface area contributed by atoms with E-state index in [2.05, 4.69) is 0 Å². The monoisotopic (exact) mass is 208 g/mol. The Morgan fingerprint density at radius 2 is 2.13 bits per heavy atom. The third-order valence-electron chi connectivity index (χ3n) is 2.88. The molecule has 0 saturated heterocycles. The molecule has 1 saturated carbocycles. The maximum absolute atomic E-state index is 11.0. The normalized spacial score (nSPS) is 17.1. The Bertz CT molecular complexity index is 407. The number of rotatable bonds is 3. The molecule has 1 aromatic carbocycles. The maximum atomic E-state index is 11.0. The van der Waals surface area contributed by atoms with Gasteiger partial charge in [0.15, 0.2) is 0 Å². The van der Waals surface area contributed by atoms with Crippen LogP contribution >= 0.6 is 0 Å². The number of carboxylic acids is 1. The summed E-state index contributed by atoms with van der Waals surface area (Å²) in [6.45, 7) is 0. The van der Waals surface area contributed by atoms with Gasteiger partial charge in [0.1, 0.15) is 11.5 Å². The highest BCUT2D eigenvalue weighted by Gasteiger charge is 2.53. The fourth-order valence-electron chi connectivity index (χ4n) is 1.77. The molecule has 0 amide bonds. The topological polar surface area (TPSA) is 66.8 Å². The lowest BCUT2D eigenvalue weighted by molar-refractivity contribution is -0.140. The standard InChI is InChI=1S/C11H12O4/c1-15-7-2-3-8(9(12)6-7)11(4-5-11)10(13)14/h2-3,6,12H,4-5H2,1H3,(H,13,14). The van der Waals surface area contributed by atoms with Crippen molar-refractivity contribution >= 4 is 5.97 Å². The van der Waals surface area contributed by atoms with Crippen molar-refractivity contribution in [1.29, 1.82) is 0 Å². The third kappa shape index (κ3) is 1.42. The minimum atomic E-state index is -0.872. The number of carboxylic acid groups (broad SMARTS) is 1. The summed E-state index contributed by atoms with van der Waals surface area (Å²) in [5.41, 5.74) is -0.383. The summed E-state index contributed by atoms with van der Waals surface area (Å²) in [6, 6.07) is 4.73. The van der Waals surface area contributed by atoms with Gasteiger partial charge in [-0.3, -0.25) is 4.79 Å². The Balaban J connectivity index is 2.42. The number of benzene rings is 1. The molecule has 0 aromatic heterocycles. The molecule has 1 aromatic rings. The van der Waals surface area contributed by atoms with E-state index in [1.165, 1.54) is 13.2 Å². The first-order chi connectivity index (χ1) is 7.10. The summed E-state index contributed by atoms with van der Waals surface area (Å²) in [5.74, 6) is -0.352. The molecular weight excluding hydrogens is 196 g/mol. The Morgan fingerprint density at radius 1 is 1.47 bits per heavy atom. The molecule has 1 aliphatic carbocycles. The number of hydrogen-bond donors (Lipinski definition) is 2. The molecule has 15 heavy (non-hydrogen) atoms. The molecule has 0 radical (unpaired) electrons. The molecule has 2 rings (SSSR count). The predicted molar refractivity (Wildman–Crippen MR) is 53.2 cm³/mol. The number of methoxy groups -OCH3 is 1. The Hall–Kier alpha value is -1.71. The van der Waals surface area contributed by atoms with Crippen molar-refractivity contribution in [2.45, 2.75) is 18.3 Å². The van der Waals surface area contributed by atoms with Crippen LogP contribution in [-0.2, 0) is 10.2 Å². The maximum Gasteiger partial charge on any atom is 0.314 e. The quantitative estimate of drug-likeness (QED) is 0.790. The SMILES string of the molecule is COc1ccc(C2(C(=O)O)CC2)c(O)c1. The number of ether oxygens (including phenoxy) is 1. The lowest BCUT2D eigenvalue weighted by Gasteiger charge is -2.12. The highest BCUT2D eigenvalue weighted by molar-refractivity contribution is 5.86. The van der Waals surface area contributed by atoms with E-state index in [4.69, 9.17) is 9.84 Å². The average Bonchev–Trinajstić information content (AvgIpc) is 2.98. The Labute approximate surface area is 87.1 Å². The number of phenols is 1. The van der Waals surface area contributed by atoms with Crippen LogP contribution in [0, 0.1) is 0 Å². The largest absolute Gasteiger partial charge is 0.507 e. The van der Waals surface area contributed by atoms with Gasteiger partial charge in [-0.05, 0) is 18.9 Å². The lowest BCUT2D eigenvalue weighted by atomic mass is 9.95. The average molecular weight is 208 g/mol. The zero-order valence-electron chi connectivity index (χ0n) is 8.36. The molecule has 0 spiro atoms. The van der Waals surface area contributed by atoms with Crippen molar-refractivity contribution in [2.24, 2.45) is 0 Å². The van der Waals surface area contributed by atoms with Crippen LogP contribution in [0.1, 0.15) is 18.4 Å². The molecule has 2 N–H and O–H groups in total. The Morgan fingerprint density at radius 3 is 2.53 bits per heavy atom. The number of hydrogen-bond acceptors (Lipinski definition) is 3. The van der Waals surface area contributed by atoms with Gasteiger partial charge in [0.25, 0.3) is 0 Å². The number of carbonyl (C=O) groups is 1. The second kappa shape index (κ2) is 3.15. The summed E-state index contributed by atoms with van der Waals surface area (Å²) in [5, 5.41) is 18.8. The van der Waals surface area contributed by atoms with E-state index in [1.807, 2.05) is 0 Å². The molecule has 0 atom stereocenters. The van der Waals surface area contributed by atoms with Crippen LogP contribution in [0.3, 0.4) is 0 Å². The van der Waals surface area contributed by atoms with Crippen molar-refractivity contribution in [3.05, 3.63) is 23.8 Å². The number of phenolic OH excluding ortho intramolecular Hbond substituents is 1. The molecule has 0 bridgehead atoms. The van der Waals surface area contributed by atoms with E-state index in [9.17, 15) is 9.90 Å². The smallest absolute Gasteiger partial charge is 0.314 e. The first-order valence-corrected chi connectivity index (χ1v) is 4.71. The summed E-state index contributed by atoms with van der Waals surface area (Å²) in [6.07, 6.45) is 1.17. The molecule has 4 nitrogen and oxygen atoms in total. The van der Waals surface area contributed by atoms with Gasteiger partial charge in [-0.25, -0.2) is 0 Å². The minimum Gasteiger partial charge on any atom is -0.507 e. The third-order valence-corrected chi connectivity index (χ3v) is 2.88. The fourth-order valence-corrected chi connectivity index (χ4v) is 1.77. The van der Waals surface area contributed by atoms with Crippen molar-refractivity contribution in [3.8, 4) is 11.5 Å². The van der Waals surface area contributed by atoms with E-state index in [-0.39, 0.29) is 5.75 Å². The predicted octanol–water partition coefficient (Wildman–Crippen LogP) is 1.52. The van der Waals surface area contributed by atoms with Crippen molar-refractivity contribution < 1.29 is 19.7 Å². The summed E-state index contributed by atoms with van der Waals surface area (Å²) < 4.78 is 4.94. The van der Waals surface area contributed by atoms with Gasteiger partial charge >= 0.3 is 5.97 Å². The van der Waals surface area contributed by atoms with Crippen LogP contribution in [-0.4, -0.2) is 23.3 Å². The zero-order valence-corrected chi connectivity index (χ0v) is 8.36. The second-order valence-electron chi connectivity index (χ2n) is 3.77. The van der Waals surface area contributed by atoms with Gasteiger partial charge in [0.05, 0.1) is 12.5 Å².